The topological polar surface area (TPSA) is 57.5 Å². The fourth-order valence-corrected chi connectivity index (χ4v) is 3.07. The molecule has 0 amide bonds. The summed E-state index contributed by atoms with van der Waals surface area (Å²) in [6.07, 6.45) is 0. The standard InChI is InChI=1S/C17H26N4O/c1-12-13(2)19-17-15(5-4-14(18)16(12)17)22-11-10-21-8-6-20(3)7-9-21/h4-5,19H,6-11,18H2,1-3H3. The van der Waals surface area contributed by atoms with Crippen LogP contribution in [0.2, 0.25) is 0 Å². The number of hydrogen-bond acceptors (Lipinski definition) is 4. The largest absolute Gasteiger partial charge is 0.490 e. The van der Waals surface area contributed by atoms with E-state index in [1.807, 2.05) is 12.1 Å². The minimum atomic E-state index is 0.708. The minimum absolute atomic E-state index is 0.708. The third-order valence-electron chi connectivity index (χ3n) is 4.71. The highest BCUT2D eigenvalue weighted by Gasteiger charge is 2.15. The number of nitrogens with one attached hydrogen (secondary N) is 1. The first-order valence-electron chi connectivity index (χ1n) is 7.97. The summed E-state index contributed by atoms with van der Waals surface area (Å²) in [6.45, 7) is 10.4. The molecule has 0 bridgehead atoms. The van der Waals surface area contributed by atoms with Crippen LogP contribution in [0, 0.1) is 13.8 Å². The molecule has 1 aromatic carbocycles. The Morgan fingerprint density at radius 1 is 1.18 bits per heavy atom. The summed E-state index contributed by atoms with van der Waals surface area (Å²) in [5, 5.41) is 1.09. The molecule has 22 heavy (non-hydrogen) atoms. The van der Waals surface area contributed by atoms with E-state index in [0.29, 0.717) is 6.61 Å². The van der Waals surface area contributed by atoms with Gasteiger partial charge in [0.25, 0.3) is 0 Å². The van der Waals surface area contributed by atoms with Crippen LogP contribution in [-0.4, -0.2) is 61.2 Å². The molecule has 0 spiro atoms. The Bertz CT molecular complexity index is 656. The maximum Gasteiger partial charge on any atom is 0.143 e. The molecule has 0 atom stereocenters. The SMILES string of the molecule is Cc1[nH]c2c(OCCN3CCN(C)CC3)ccc(N)c2c1C. The molecule has 1 aliphatic rings. The lowest BCUT2D eigenvalue weighted by molar-refractivity contribution is 0.134. The number of benzene rings is 1. The number of fused-ring (bicyclic) bond motifs is 1. The average molecular weight is 302 g/mol. The average Bonchev–Trinajstić information content (AvgIpc) is 2.80. The number of nitrogens with two attached hydrogens (primary N) is 1. The van der Waals surface area contributed by atoms with E-state index in [9.17, 15) is 0 Å². The van der Waals surface area contributed by atoms with Crippen LogP contribution in [0.4, 0.5) is 5.69 Å². The molecule has 1 fully saturated rings. The summed E-state index contributed by atoms with van der Waals surface area (Å²) in [4.78, 5) is 8.23. The Kier molecular flexibility index (Phi) is 4.27. The number of nitrogens with zero attached hydrogens (tertiary/aromatic N) is 2. The van der Waals surface area contributed by atoms with Crippen molar-refractivity contribution in [1.29, 1.82) is 0 Å². The molecular weight excluding hydrogens is 276 g/mol. The van der Waals surface area contributed by atoms with E-state index >= 15 is 0 Å². The van der Waals surface area contributed by atoms with Gasteiger partial charge in [0, 0.05) is 49.5 Å². The molecule has 0 unspecified atom stereocenters. The van der Waals surface area contributed by atoms with Crippen LogP contribution in [-0.2, 0) is 0 Å². The van der Waals surface area contributed by atoms with Gasteiger partial charge in [0.1, 0.15) is 12.4 Å². The molecule has 3 N–H and O–H groups in total. The highest BCUT2D eigenvalue weighted by atomic mass is 16.5. The van der Waals surface area contributed by atoms with Crippen molar-refractivity contribution >= 4 is 16.6 Å². The highest BCUT2D eigenvalue weighted by molar-refractivity contribution is 5.98. The summed E-state index contributed by atoms with van der Waals surface area (Å²) < 4.78 is 6.03. The van der Waals surface area contributed by atoms with Crippen molar-refractivity contribution < 1.29 is 4.74 Å². The van der Waals surface area contributed by atoms with E-state index in [2.05, 4.69) is 35.7 Å². The normalized spacial score (nSPS) is 17.2. The Hall–Kier alpha value is -1.72. The molecule has 3 rings (SSSR count). The summed E-state index contributed by atoms with van der Waals surface area (Å²) >= 11 is 0. The Balaban J connectivity index is 1.67. The number of aromatic nitrogens is 1. The summed E-state index contributed by atoms with van der Waals surface area (Å²) in [7, 11) is 2.18. The predicted octanol–water partition coefficient (Wildman–Crippen LogP) is 1.99. The molecule has 0 saturated carbocycles. The number of hydrogen-bond donors (Lipinski definition) is 2. The van der Waals surface area contributed by atoms with Crippen molar-refractivity contribution in [2.45, 2.75) is 13.8 Å². The number of piperazine rings is 1. The Morgan fingerprint density at radius 2 is 1.91 bits per heavy atom. The van der Waals surface area contributed by atoms with Crippen LogP contribution in [0.25, 0.3) is 10.9 Å². The fraction of sp³-hybridized carbons (Fsp3) is 0.529. The first-order chi connectivity index (χ1) is 10.6. The maximum atomic E-state index is 6.11. The molecule has 5 heteroatoms. The monoisotopic (exact) mass is 302 g/mol. The molecule has 1 saturated heterocycles. The number of aromatic amines is 1. The van der Waals surface area contributed by atoms with E-state index in [1.54, 1.807) is 0 Å². The second-order valence-corrected chi connectivity index (χ2v) is 6.27. The Morgan fingerprint density at radius 3 is 2.64 bits per heavy atom. The number of rotatable bonds is 4. The minimum Gasteiger partial charge on any atom is -0.490 e. The van der Waals surface area contributed by atoms with Gasteiger partial charge in [-0.25, -0.2) is 0 Å². The van der Waals surface area contributed by atoms with E-state index < -0.39 is 0 Å². The van der Waals surface area contributed by atoms with Gasteiger partial charge in [0.05, 0.1) is 5.52 Å². The molecule has 120 valence electrons. The van der Waals surface area contributed by atoms with Crippen LogP contribution in [0.5, 0.6) is 5.75 Å². The van der Waals surface area contributed by atoms with Gasteiger partial charge in [0.2, 0.25) is 0 Å². The van der Waals surface area contributed by atoms with Crippen LogP contribution in [0.3, 0.4) is 0 Å². The summed E-state index contributed by atoms with van der Waals surface area (Å²) in [6, 6.07) is 3.91. The lowest BCUT2D eigenvalue weighted by Gasteiger charge is -2.32. The van der Waals surface area contributed by atoms with Gasteiger partial charge in [-0.15, -0.1) is 0 Å². The molecule has 2 heterocycles. The number of ether oxygens (including phenoxy) is 1. The van der Waals surface area contributed by atoms with Crippen molar-refractivity contribution in [3.05, 3.63) is 23.4 Å². The third-order valence-corrected chi connectivity index (χ3v) is 4.71. The summed E-state index contributed by atoms with van der Waals surface area (Å²) in [5.74, 6) is 0.898. The smallest absolute Gasteiger partial charge is 0.143 e. The van der Waals surface area contributed by atoms with Crippen molar-refractivity contribution in [1.82, 2.24) is 14.8 Å². The van der Waals surface area contributed by atoms with Gasteiger partial charge >= 0.3 is 0 Å². The zero-order valence-corrected chi connectivity index (χ0v) is 13.8. The molecule has 1 aromatic heterocycles. The van der Waals surface area contributed by atoms with Gasteiger partial charge in [0.15, 0.2) is 0 Å². The van der Waals surface area contributed by atoms with Gasteiger partial charge < -0.3 is 20.4 Å². The first kappa shape index (κ1) is 15.2. The lowest BCUT2D eigenvalue weighted by Crippen LogP contribution is -2.45. The quantitative estimate of drug-likeness (QED) is 0.848. The number of likely N-dealkylation sites (N-methyl/N-ethyl adjacent to an activating group) is 1. The zero-order chi connectivity index (χ0) is 15.7. The number of nitrogen functional groups attached to an aromatic ring is 1. The van der Waals surface area contributed by atoms with E-state index in [4.69, 9.17) is 10.5 Å². The van der Waals surface area contributed by atoms with Gasteiger partial charge in [-0.3, -0.25) is 4.90 Å². The molecule has 0 aliphatic carbocycles. The second kappa shape index (κ2) is 6.18. The maximum absolute atomic E-state index is 6.11. The van der Waals surface area contributed by atoms with Gasteiger partial charge in [-0.2, -0.15) is 0 Å². The van der Waals surface area contributed by atoms with Gasteiger partial charge in [-0.1, -0.05) is 0 Å². The first-order valence-corrected chi connectivity index (χ1v) is 7.97. The molecular formula is C17H26N4O. The van der Waals surface area contributed by atoms with Crippen molar-refractivity contribution in [3.63, 3.8) is 0 Å². The molecule has 1 aliphatic heterocycles. The number of aryl methyl sites for hydroxylation is 2. The van der Waals surface area contributed by atoms with Crippen molar-refractivity contribution in [3.8, 4) is 5.75 Å². The van der Waals surface area contributed by atoms with E-state index in [0.717, 1.165) is 60.8 Å². The predicted molar refractivity (Wildman–Crippen MR) is 91.6 cm³/mol. The highest BCUT2D eigenvalue weighted by Crippen LogP contribution is 2.33. The molecule has 5 nitrogen and oxygen atoms in total. The molecule has 0 radical (unpaired) electrons. The number of anilines is 1. The van der Waals surface area contributed by atoms with Crippen LogP contribution in [0.1, 0.15) is 11.3 Å². The van der Waals surface area contributed by atoms with E-state index in [-0.39, 0.29) is 0 Å². The third kappa shape index (κ3) is 2.91. The lowest BCUT2D eigenvalue weighted by atomic mass is 10.1. The van der Waals surface area contributed by atoms with Crippen LogP contribution < -0.4 is 10.5 Å². The summed E-state index contributed by atoms with van der Waals surface area (Å²) in [5.41, 5.74) is 10.3. The van der Waals surface area contributed by atoms with Crippen molar-refractivity contribution in [2.24, 2.45) is 0 Å². The van der Waals surface area contributed by atoms with Crippen LogP contribution >= 0.6 is 0 Å². The zero-order valence-electron chi connectivity index (χ0n) is 13.8. The second-order valence-electron chi connectivity index (χ2n) is 6.27. The Labute approximate surface area is 132 Å². The fourth-order valence-electron chi connectivity index (χ4n) is 3.07. The number of H-pyrrole nitrogens is 1. The molecule has 2 aromatic rings. The van der Waals surface area contributed by atoms with Crippen LogP contribution in [0.15, 0.2) is 12.1 Å². The van der Waals surface area contributed by atoms with E-state index in [1.165, 1.54) is 5.56 Å². The van der Waals surface area contributed by atoms with Crippen molar-refractivity contribution in [2.75, 3.05) is 52.1 Å². The van der Waals surface area contributed by atoms with Gasteiger partial charge in [-0.05, 0) is 38.6 Å².